The van der Waals surface area contributed by atoms with Crippen LogP contribution in [0, 0.1) is 11.3 Å². The van der Waals surface area contributed by atoms with Crippen LogP contribution >= 0.6 is 0 Å². The van der Waals surface area contributed by atoms with E-state index in [4.69, 9.17) is 0 Å². The standard InChI is InChI=1S/C44H40BN3/c1-43-28-12-13-29-44(43,2)48-39-25-15-24-38-41(39)45(37-23-14-22-35(43)42(37)48)36-27-26-34(30-40(36)47(38)33-20-10-5-11-21-33)46(31-16-6-3-7-17-31)32-18-8-4-9-19-32/h3-11,14-27,30,35,42H,12-13,28-29H2,1-2H3. The monoisotopic (exact) mass is 621 g/mol. The Hall–Kier alpha value is -4.96. The van der Waals surface area contributed by atoms with E-state index in [2.05, 4.69) is 174 Å². The Morgan fingerprint density at radius 2 is 1.33 bits per heavy atom. The van der Waals surface area contributed by atoms with E-state index in [1.807, 2.05) is 0 Å². The van der Waals surface area contributed by atoms with Gasteiger partial charge in [0.25, 0.3) is 0 Å². The Balaban J connectivity index is 1.24. The molecular formula is C44H40BN3. The molecule has 234 valence electrons. The van der Waals surface area contributed by atoms with Crippen LogP contribution in [-0.2, 0) is 0 Å². The third-order valence-corrected chi connectivity index (χ3v) is 12.7. The first kappa shape index (κ1) is 28.1. The lowest BCUT2D eigenvalue weighted by Gasteiger charge is -2.54. The number of hydrogen-bond donors (Lipinski definition) is 0. The number of benzene rings is 5. The lowest BCUT2D eigenvalue weighted by Crippen LogP contribution is -2.64. The van der Waals surface area contributed by atoms with Crippen molar-refractivity contribution >= 4 is 57.5 Å². The maximum Gasteiger partial charge on any atom is 0.247 e. The van der Waals surface area contributed by atoms with Gasteiger partial charge in [-0.15, -0.1) is 0 Å². The molecule has 5 aliphatic rings. The Labute approximate surface area is 284 Å². The van der Waals surface area contributed by atoms with Crippen molar-refractivity contribution in [1.29, 1.82) is 0 Å². The molecule has 0 aromatic heterocycles. The fourth-order valence-corrected chi connectivity index (χ4v) is 10.4. The molecule has 3 aliphatic heterocycles. The summed E-state index contributed by atoms with van der Waals surface area (Å²) in [5.74, 6) is 0.515. The smallest absolute Gasteiger partial charge is 0.247 e. The summed E-state index contributed by atoms with van der Waals surface area (Å²) in [5, 5.41) is 0. The minimum absolute atomic E-state index is 0.113. The number of fused-ring (bicyclic) bond motifs is 7. The molecular weight excluding hydrogens is 581 g/mol. The maximum absolute atomic E-state index is 2.91. The van der Waals surface area contributed by atoms with Crippen molar-refractivity contribution in [2.45, 2.75) is 51.1 Å². The van der Waals surface area contributed by atoms with Gasteiger partial charge in [-0.3, -0.25) is 0 Å². The minimum atomic E-state index is 0.113. The molecule has 2 fully saturated rings. The van der Waals surface area contributed by atoms with Crippen LogP contribution < -0.4 is 25.6 Å². The second-order valence-electron chi connectivity index (χ2n) is 14.9. The largest absolute Gasteiger partial charge is 0.359 e. The lowest BCUT2D eigenvalue weighted by molar-refractivity contribution is 0.0984. The van der Waals surface area contributed by atoms with Gasteiger partial charge < -0.3 is 14.7 Å². The molecule has 5 aromatic rings. The molecule has 10 rings (SSSR count). The van der Waals surface area contributed by atoms with E-state index in [0.717, 1.165) is 17.1 Å². The number of allylic oxidation sites excluding steroid dienone is 2. The summed E-state index contributed by atoms with van der Waals surface area (Å²) in [7, 11) is 0. The van der Waals surface area contributed by atoms with Gasteiger partial charge in [0.15, 0.2) is 0 Å². The van der Waals surface area contributed by atoms with Crippen molar-refractivity contribution < 1.29 is 0 Å². The van der Waals surface area contributed by atoms with Gasteiger partial charge in [0.05, 0.1) is 6.04 Å². The molecule has 4 atom stereocenters. The van der Waals surface area contributed by atoms with E-state index in [9.17, 15) is 0 Å². The zero-order valence-corrected chi connectivity index (χ0v) is 27.8. The van der Waals surface area contributed by atoms with Crippen molar-refractivity contribution in [3.8, 4) is 0 Å². The number of anilines is 7. The van der Waals surface area contributed by atoms with Crippen LogP contribution in [0.4, 0.5) is 39.8 Å². The summed E-state index contributed by atoms with van der Waals surface area (Å²) in [5.41, 5.74) is 13.5. The van der Waals surface area contributed by atoms with Gasteiger partial charge in [-0.2, -0.15) is 0 Å². The second kappa shape index (κ2) is 10.3. The summed E-state index contributed by atoms with van der Waals surface area (Å²) in [6.07, 6.45) is 12.6. The van der Waals surface area contributed by atoms with Crippen molar-refractivity contribution in [2.75, 3.05) is 14.7 Å². The quantitative estimate of drug-likeness (QED) is 0.185. The zero-order chi connectivity index (χ0) is 32.0. The first-order chi connectivity index (χ1) is 23.6. The first-order valence-electron chi connectivity index (χ1n) is 17.8. The zero-order valence-electron chi connectivity index (χ0n) is 27.8. The van der Waals surface area contributed by atoms with Crippen molar-refractivity contribution in [1.82, 2.24) is 0 Å². The van der Waals surface area contributed by atoms with E-state index in [0.29, 0.717) is 12.0 Å². The molecule has 0 N–H and O–H groups in total. The SMILES string of the molecule is CC12CCCCC1(C)N1c3cccc4c3B(C3=CC=CC2C31)c1ccc(N(c2ccccc2)c2ccccc2)cc1N4c1ccccc1. The van der Waals surface area contributed by atoms with E-state index in [1.165, 1.54) is 59.4 Å². The summed E-state index contributed by atoms with van der Waals surface area (Å²) >= 11 is 0. The number of para-hydroxylation sites is 3. The Bertz CT molecular complexity index is 2070. The number of hydrogen-bond acceptors (Lipinski definition) is 3. The maximum atomic E-state index is 2.91. The third kappa shape index (κ3) is 3.66. The van der Waals surface area contributed by atoms with Crippen LogP contribution in [0.1, 0.15) is 39.5 Å². The van der Waals surface area contributed by atoms with Crippen LogP contribution in [0.15, 0.2) is 151 Å². The molecule has 5 aromatic carbocycles. The molecule has 3 nitrogen and oxygen atoms in total. The molecule has 3 heterocycles. The molecule has 4 heteroatoms. The van der Waals surface area contributed by atoms with E-state index < -0.39 is 0 Å². The topological polar surface area (TPSA) is 9.72 Å². The van der Waals surface area contributed by atoms with Crippen LogP contribution in [-0.4, -0.2) is 18.3 Å². The van der Waals surface area contributed by atoms with Gasteiger partial charge in [0, 0.05) is 51.3 Å². The van der Waals surface area contributed by atoms with Crippen LogP contribution in [0.2, 0.25) is 0 Å². The highest BCUT2D eigenvalue weighted by atomic mass is 15.3. The molecule has 4 unspecified atom stereocenters. The first-order valence-corrected chi connectivity index (χ1v) is 17.8. The molecule has 2 aliphatic carbocycles. The summed E-state index contributed by atoms with van der Waals surface area (Å²) in [6.45, 7) is 5.41. The second-order valence-corrected chi connectivity index (χ2v) is 14.9. The van der Waals surface area contributed by atoms with Gasteiger partial charge in [0.2, 0.25) is 6.71 Å². The number of nitrogens with zero attached hydrogens (tertiary/aromatic N) is 3. The molecule has 1 saturated carbocycles. The molecule has 0 amide bonds. The molecule has 0 bridgehead atoms. The summed E-state index contributed by atoms with van der Waals surface area (Å²) in [4.78, 5) is 7.84. The molecule has 1 saturated heterocycles. The highest BCUT2D eigenvalue weighted by Gasteiger charge is 2.67. The van der Waals surface area contributed by atoms with Crippen molar-refractivity contribution in [2.24, 2.45) is 11.3 Å². The molecule has 0 spiro atoms. The van der Waals surface area contributed by atoms with Crippen LogP contribution in [0.5, 0.6) is 0 Å². The Kier molecular flexibility index (Phi) is 6.01. The average Bonchev–Trinajstić information content (AvgIpc) is 3.35. The van der Waals surface area contributed by atoms with Crippen molar-refractivity contribution in [3.05, 3.63) is 151 Å². The highest BCUT2D eigenvalue weighted by molar-refractivity contribution is 6.95. The summed E-state index contributed by atoms with van der Waals surface area (Å²) in [6, 6.07) is 47.3. The summed E-state index contributed by atoms with van der Waals surface area (Å²) < 4.78 is 0. The third-order valence-electron chi connectivity index (χ3n) is 12.7. The lowest BCUT2D eigenvalue weighted by atomic mass is 9.31. The van der Waals surface area contributed by atoms with Crippen LogP contribution in [0.3, 0.4) is 0 Å². The van der Waals surface area contributed by atoms with Gasteiger partial charge >= 0.3 is 0 Å². The number of rotatable bonds is 4. The van der Waals surface area contributed by atoms with Gasteiger partial charge in [-0.1, -0.05) is 110 Å². The fourth-order valence-electron chi connectivity index (χ4n) is 10.4. The van der Waals surface area contributed by atoms with E-state index in [1.54, 1.807) is 5.47 Å². The Morgan fingerprint density at radius 1 is 0.667 bits per heavy atom. The van der Waals surface area contributed by atoms with Gasteiger partial charge in [-0.05, 0) is 96.8 Å². The van der Waals surface area contributed by atoms with Gasteiger partial charge in [-0.25, -0.2) is 0 Å². The normalized spacial score (nSPS) is 25.9. The minimum Gasteiger partial charge on any atom is -0.359 e. The highest BCUT2D eigenvalue weighted by Crippen LogP contribution is 2.64. The molecule has 0 radical (unpaired) electrons. The van der Waals surface area contributed by atoms with E-state index in [-0.39, 0.29) is 17.7 Å². The Morgan fingerprint density at radius 3 is 2.06 bits per heavy atom. The fraction of sp³-hybridized carbons (Fsp3) is 0.227. The van der Waals surface area contributed by atoms with Crippen molar-refractivity contribution in [3.63, 3.8) is 0 Å². The molecule has 48 heavy (non-hydrogen) atoms. The predicted molar refractivity (Wildman–Crippen MR) is 203 cm³/mol. The average molecular weight is 622 g/mol. The van der Waals surface area contributed by atoms with E-state index >= 15 is 0 Å². The van der Waals surface area contributed by atoms with Crippen LogP contribution in [0.25, 0.3) is 0 Å². The predicted octanol–water partition coefficient (Wildman–Crippen LogP) is 9.74. The van der Waals surface area contributed by atoms with Gasteiger partial charge in [0.1, 0.15) is 0 Å².